The maximum atomic E-state index is 9.92. The summed E-state index contributed by atoms with van der Waals surface area (Å²) in [5.74, 6) is 0. The zero-order valence-corrected chi connectivity index (χ0v) is 20.8. The summed E-state index contributed by atoms with van der Waals surface area (Å²) in [7, 11) is -5.21. The number of aromatic nitrogens is 2. The van der Waals surface area contributed by atoms with Gasteiger partial charge in [-0.05, 0) is 13.8 Å². The van der Waals surface area contributed by atoms with Crippen LogP contribution in [-0.2, 0) is 46.4 Å². The lowest BCUT2D eigenvalue weighted by atomic mass is 10.5. The van der Waals surface area contributed by atoms with Gasteiger partial charge < -0.3 is 21.5 Å². The van der Waals surface area contributed by atoms with E-state index in [2.05, 4.69) is 60.3 Å². The summed E-state index contributed by atoms with van der Waals surface area (Å²) in [6.07, 6.45) is 8.22. The van der Waals surface area contributed by atoms with E-state index in [4.69, 9.17) is 0 Å². The summed E-state index contributed by atoms with van der Waals surface area (Å²) in [6, 6.07) is 12.2. The second-order valence-electron chi connectivity index (χ2n) is 4.73. The fraction of sp³-hybridized carbons (Fsp3) is 0.583. The van der Waals surface area contributed by atoms with Crippen LogP contribution in [0.25, 0.3) is 0 Å². The number of rotatable bonds is 5. The van der Waals surface area contributed by atoms with Crippen molar-refractivity contribution in [3.63, 3.8) is 0 Å². The first-order valence-corrected chi connectivity index (χ1v) is 11.0. The van der Waals surface area contributed by atoms with Crippen LogP contribution in [-0.4, -0.2) is 42.7 Å². The van der Waals surface area contributed by atoms with E-state index in [0.29, 0.717) is 0 Å². The van der Waals surface area contributed by atoms with Gasteiger partial charge in [-0.3, -0.25) is 12.5 Å². The van der Waals surface area contributed by atoms with Crippen LogP contribution in [0.2, 0.25) is 0 Å². The van der Waals surface area contributed by atoms with Gasteiger partial charge in [-0.15, -0.1) is 0 Å². The van der Waals surface area contributed by atoms with Crippen LogP contribution in [0.15, 0.2) is 61.2 Å². The smallest absolute Gasteiger partial charge is 0.399 e. The van der Waals surface area contributed by atoms with E-state index in [0.717, 1.165) is 34.4 Å². The Bertz CT molecular complexity index is 792. The first kappa shape index (κ1) is 65.0. The summed E-state index contributed by atoms with van der Waals surface area (Å²) >= 11 is 0. The first-order valence-electron chi connectivity index (χ1n) is 8.30. The van der Waals surface area contributed by atoms with Gasteiger partial charge in [0.25, 0.3) is 0 Å². The lowest BCUT2D eigenvalue weighted by Crippen LogP contribution is -3.00. The second kappa shape index (κ2) is 39.0. The van der Waals surface area contributed by atoms with Crippen LogP contribution in [0.4, 0.5) is 0 Å². The fourth-order valence-corrected chi connectivity index (χ4v) is 1.49. The van der Waals surface area contributed by atoms with E-state index in [-0.39, 0.29) is 69.0 Å². The van der Waals surface area contributed by atoms with Gasteiger partial charge in [-0.1, -0.05) is 64.1 Å². The normalized spacial score (nSPS) is 8.05. The van der Waals surface area contributed by atoms with Crippen molar-refractivity contribution in [1.82, 2.24) is 0 Å². The molecule has 2 rings (SSSR count). The summed E-state index contributed by atoms with van der Waals surface area (Å²) in [5, 5.41) is 0. The Morgan fingerprint density at radius 3 is 0.865 bits per heavy atom. The molecule has 0 aliphatic carbocycles. The van der Waals surface area contributed by atoms with E-state index < -0.39 is 20.8 Å². The lowest BCUT2D eigenvalue weighted by Gasteiger charge is -1.98. The van der Waals surface area contributed by atoms with Gasteiger partial charge in [0.15, 0.2) is 24.8 Å². The minimum Gasteiger partial charge on any atom is -1.00 e. The van der Waals surface area contributed by atoms with Crippen LogP contribution in [0.1, 0.15) is 65.8 Å². The molecule has 0 unspecified atom stereocenters. The molecule has 0 N–H and O–H groups in total. The third-order valence-corrected chi connectivity index (χ3v) is 4.12. The molecule has 0 aliphatic rings. The van der Waals surface area contributed by atoms with Gasteiger partial charge in [0.2, 0.25) is 10.4 Å². The molecule has 2 heterocycles. The second-order valence-corrected chi connectivity index (χ2v) is 7.36. The Kier molecular flexibility index (Phi) is 68.6. The summed E-state index contributed by atoms with van der Waals surface area (Å²) in [5.41, 5.74) is 0. The molecule has 37 heavy (non-hydrogen) atoms. The van der Waals surface area contributed by atoms with E-state index in [1.165, 1.54) is 0 Å². The molecular weight excluding hydrogens is 588 g/mol. The van der Waals surface area contributed by atoms with Crippen molar-refractivity contribution in [3.8, 4) is 0 Å². The monoisotopic (exact) mass is 644 g/mol. The largest absolute Gasteiger partial charge is 1.00 e. The molecule has 2 aromatic heterocycles. The molecule has 230 valence electrons. The molecule has 0 atom stereocenters. The Morgan fingerprint density at radius 2 is 0.784 bits per heavy atom. The average Bonchev–Trinajstić information content (AvgIpc) is 2.75. The van der Waals surface area contributed by atoms with Gasteiger partial charge in [0, 0.05) is 24.3 Å². The van der Waals surface area contributed by atoms with Crippen molar-refractivity contribution in [2.75, 3.05) is 21.3 Å². The predicted molar refractivity (Wildman–Crippen MR) is 151 cm³/mol. The number of pyridine rings is 2. The SMILES string of the molecule is C.C.C.C.C.C.C.CC[n+]1ccccc1.CC[n+]1ccccc1.COS(=O)(=O)OC.COS(=O)(=O)[O-].[Br-]. The Balaban J connectivity index is -0.0000000308. The standard InChI is InChI=1S/2C7H10N.C2H6O4S.CH4O4S.7CH4.BrH/c2*1-2-8-6-4-3-5-7-8;1-5-7(3,4)6-2;1-5-6(2,3)4;;;;;;;;/h2*3-7H,2H2,1H3;1-2H3;1H3,(H,2,3,4);7*1H4;1H/q2*+1;;;;;;;;;;/p-2. The van der Waals surface area contributed by atoms with Gasteiger partial charge in [0.1, 0.15) is 13.1 Å². The predicted octanol–water partition coefficient (Wildman–Crippen LogP) is 2.06. The molecule has 0 bridgehead atoms. The van der Waals surface area contributed by atoms with Crippen molar-refractivity contribution in [2.45, 2.75) is 78.9 Å². The molecule has 0 fully saturated rings. The topological polar surface area (TPSA) is 127 Å². The highest BCUT2D eigenvalue weighted by molar-refractivity contribution is 7.81. The minimum atomic E-state index is -4.41. The molecule has 0 saturated heterocycles. The highest BCUT2D eigenvalue weighted by Crippen LogP contribution is 1.85. The fourth-order valence-electron chi connectivity index (χ4n) is 1.36. The average molecular weight is 646 g/mol. The van der Waals surface area contributed by atoms with Gasteiger partial charge in [-0.2, -0.15) is 8.42 Å². The maximum Gasteiger partial charge on any atom is 0.399 e. The highest BCUT2D eigenvalue weighted by Gasteiger charge is 2.01. The van der Waals surface area contributed by atoms with Crippen molar-refractivity contribution >= 4 is 20.8 Å². The van der Waals surface area contributed by atoms with Crippen LogP contribution in [0.3, 0.4) is 0 Å². The number of aryl methyl sites for hydroxylation is 2. The summed E-state index contributed by atoms with van der Waals surface area (Å²) in [6.45, 7) is 6.36. The van der Waals surface area contributed by atoms with E-state index in [9.17, 15) is 21.4 Å². The number of hydrogen-bond acceptors (Lipinski definition) is 8. The molecule has 2 aromatic rings. The van der Waals surface area contributed by atoms with Gasteiger partial charge >= 0.3 is 10.4 Å². The Hall–Kier alpha value is -1.48. The summed E-state index contributed by atoms with van der Waals surface area (Å²) < 4.78 is 62.8. The highest BCUT2D eigenvalue weighted by atomic mass is 79.9. The van der Waals surface area contributed by atoms with E-state index in [1.807, 2.05) is 36.4 Å². The number of nitrogens with zero attached hydrogens (tertiary/aromatic N) is 2. The van der Waals surface area contributed by atoms with Crippen molar-refractivity contribution in [3.05, 3.63) is 61.2 Å². The summed E-state index contributed by atoms with van der Waals surface area (Å²) in [4.78, 5) is 0. The van der Waals surface area contributed by atoms with Gasteiger partial charge in [-0.25, -0.2) is 17.6 Å². The quantitative estimate of drug-likeness (QED) is 0.275. The molecule has 0 saturated carbocycles. The van der Waals surface area contributed by atoms with Crippen molar-refractivity contribution < 1.29 is 60.1 Å². The van der Waals surface area contributed by atoms with Crippen molar-refractivity contribution in [2.24, 2.45) is 0 Å². The van der Waals surface area contributed by atoms with E-state index >= 15 is 0 Å². The molecular formula is C24H57BrN2O8S2. The third-order valence-electron chi connectivity index (χ3n) is 2.90. The molecule has 13 heteroatoms. The van der Waals surface area contributed by atoms with Crippen LogP contribution in [0, 0.1) is 0 Å². The Labute approximate surface area is 241 Å². The minimum absolute atomic E-state index is 0. The molecule has 0 aliphatic heterocycles. The molecule has 10 nitrogen and oxygen atoms in total. The zero-order valence-electron chi connectivity index (χ0n) is 17.5. The Morgan fingerprint density at radius 1 is 0.568 bits per heavy atom. The molecule has 0 spiro atoms. The molecule has 0 radical (unpaired) electrons. The molecule has 0 aromatic carbocycles. The first-order chi connectivity index (χ1) is 13.5. The van der Waals surface area contributed by atoms with Crippen molar-refractivity contribution in [1.29, 1.82) is 0 Å². The molecule has 0 amide bonds. The number of hydrogen-bond donors (Lipinski definition) is 0. The van der Waals surface area contributed by atoms with Crippen LogP contribution < -0.4 is 26.1 Å². The van der Waals surface area contributed by atoms with E-state index in [1.54, 1.807) is 0 Å². The number of halogens is 1. The lowest BCUT2D eigenvalue weighted by molar-refractivity contribution is -0.693. The van der Waals surface area contributed by atoms with Crippen LogP contribution in [0.5, 0.6) is 0 Å². The van der Waals surface area contributed by atoms with Gasteiger partial charge in [0.05, 0.1) is 21.3 Å². The van der Waals surface area contributed by atoms with Crippen LogP contribution >= 0.6 is 0 Å². The zero-order chi connectivity index (χ0) is 22.8. The maximum absolute atomic E-state index is 9.92. The third kappa shape index (κ3) is 48.2.